The molecule has 0 spiro atoms. The number of nitrogens with zero attached hydrogens (tertiary/aromatic N) is 1. The summed E-state index contributed by atoms with van der Waals surface area (Å²) in [6.07, 6.45) is 0. The summed E-state index contributed by atoms with van der Waals surface area (Å²) in [5.74, 6) is 0.698. The molecule has 0 N–H and O–H groups in total. The molecular weight excluding hydrogens is 190 g/mol. The fourth-order valence-electron chi connectivity index (χ4n) is 2.16. The summed E-state index contributed by atoms with van der Waals surface area (Å²) < 4.78 is 0. The molecule has 0 bridgehead atoms. The van der Waals surface area contributed by atoms with E-state index in [9.17, 15) is 5.26 Å². The van der Waals surface area contributed by atoms with Crippen molar-refractivity contribution in [2.45, 2.75) is 33.1 Å². The van der Waals surface area contributed by atoms with Gasteiger partial charge in [-0.05, 0) is 34.2 Å². The van der Waals surface area contributed by atoms with Crippen LogP contribution in [0.1, 0.15) is 33.3 Å². The highest BCUT2D eigenvalue weighted by Gasteiger charge is 2.39. The van der Waals surface area contributed by atoms with Gasteiger partial charge in [0.05, 0.1) is 11.5 Å². The Morgan fingerprint density at radius 3 is 2.14 bits per heavy atom. The lowest BCUT2D eigenvalue weighted by Gasteiger charge is -2.34. The van der Waals surface area contributed by atoms with Gasteiger partial charge in [-0.25, -0.2) is 0 Å². The predicted octanol–water partition coefficient (Wildman–Crippen LogP) is 3.82. The molecule has 1 heterocycles. The highest BCUT2D eigenvalue weighted by atomic mass is 32.1. The number of hydrogen-bond donors (Lipinski definition) is 0. The summed E-state index contributed by atoms with van der Waals surface area (Å²) in [6, 6.07) is 4.60. The third kappa shape index (κ3) is 1.57. The zero-order valence-electron chi connectivity index (χ0n) is 9.24. The summed E-state index contributed by atoms with van der Waals surface area (Å²) in [5.41, 5.74) is 0.856. The molecule has 0 saturated heterocycles. The van der Waals surface area contributed by atoms with Crippen molar-refractivity contribution in [3.8, 4) is 6.07 Å². The van der Waals surface area contributed by atoms with Crippen LogP contribution in [-0.4, -0.2) is 0 Å². The van der Waals surface area contributed by atoms with E-state index in [2.05, 4.69) is 45.2 Å². The molecule has 0 amide bonds. The van der Waals surface area contributed by atoms with Crippen molar-refractivity contribution in [3.05, 3.63) is 22.4 Å². The van der Waals surface area contributed by atoms with Crippen molar-refractivity contribution in [1.82, 2.24) is 0 Å². The molecule has 0 radical (unpaired) electrons. The Labute approximate surface area is 90.4 Å². The first-order valence-corrected chi connectivity index (χ1v) is 5.94. The van der Waals surface area contributed by atoms with Gasteiger partial charge in [-0.1, -0.05) is 27.7 Å². The zero-order chi connectivity index (χ0) is 10.8. The molecular formula is C12H17NS. The summed E-state index contributed by atoms with van der Waals surface area (Å²) in [5, 5.41) is 13.6. The van der Waals surface area contributed by atoms with Gasteiger partial charge in [0, 0.05) is 0 Å². The van der Waals surface area contributed by atoms with Crippen LogP contribution in [0.2, 0.25) is 0 Å². The Kier molecular flexibility index (Phi) is 3.34. The molecule has 0 aliphatic rings. The Bertz CT molecular complexity index is 309. The molecule has 1 aromatic heterocycles. The number of thiophene rings is 1. The minimum atomic E-state index is -0.319. The van der Waals surface area contributed by atoms with Gasteiger partial charge in [0.1, 0.15) is 0 Å². The molecule has 1 rings (SSSR count). The molecule has 0 unspecified atom stereocenters. The Morgan fingerprint density at radius 2 is 1.86 bits per heavy atom. The minimum Gasteiger partial charge on any atom is -0.197 e. The van der Waals surface area contributed by atoms with E-state index < -0.39 is 0 Å². The molecule has 2 heteroatoms. The van der Waals surface area contributed by atoms with Crippen LogP contribution in [0, 0.1) is 23.2 Å². The van der Waals surface area contributed by atoms with Crippen LogP contribution in [0.15, 0.2) is 16.8 Å². The van der Waals surface area contributed by atoms with Crippen molar-refractivity contribution < 1.29 is 0 Å². The second kappa shape index (κ2) is 4.14. The second-order valence-electron chi connectivity index (χ2n) is 4.30. The average molecular weight is 207 g/mol. The normalized spacial score (nSPS) is 12.1. The molecule has 0 fully saturated rings. The Balaban J connectivity index is 3.24. The SMILES string of the molecule is CC(C)C(C#N)(c1ccsc1)C(C)C. The van der Waals surface area contributed by atoms with E-state index in [0.717, 1.165) is 0 Å². The quantitative estimate of drug-likeness (QED) is 0.739. The summed E-state index contributed by atoms with van der Waals surface area (Å²) >= 11 is 1.67. The maximum atomic E-state index is 9.44. The number of hydrogen-bond acceptors (Lipinski definition) is 2. The summed E-state index contributed by atoms with van der Waals surface area (Å²) in [6.45, 7) is 8.50. The standard InChI is InChI=1S/C12H17NS/c1-9(2)12(8-13,10(3)4)11-5-6-14-7-11/h5-7,9-10H,1-4H3. The van der Waals surface area contributed by atoms with Crippen LogP contribution in [-0.2, 0) is 5.41 Å². The van der Waals surface area contributed by atoms with E-state index in [-0.39, 0.29) is 5.41 Å². The van der Waals surface area contributed by atoms with Gasteiger partial charge in [-0.15, -0.1) is 0 Å². The van der Waals surface area contributed by atoms with Crippen molar-refractivity contribution in [2.24, 2.45) is 11.8 Å². The summed E-state index contributed by atoms with van der Waals surface area (Å²) in [7, 11) is 0. The highest BCUT2D eigenvalue weighted by molar-refractivity contribution is 7.08. The largest absolute Gasteiger partial charge is 0.197 e. The maximum Gasteiger partial charge on any atom is 0.0875 e. The average Bonchev–Trinajstić information content (AvgIpc) is 2.58. The van der Waals surface area contributed by atoms with E-state index in [1.54, 1.807) is 11.3 Å². The zero-order valence-corrected chi connectivity index (χ0v) is 10.1. The molecule has 1 aromatic rings. The first kappa shape index (κ1) is 11.3. The van der Waals surface area contributed by atoms with Crippen molar-refractivity contribution in [2.75, 3.05) is 0 Å². The van der Waals surface area contributed by atoms with Crippen molar-refractivity contribution in [1.29, 1.82) is 5.26 Å². The van der Waals surface area contributed by atoms with Crippen LogP contribution < -0.4 is 0 Å². The molecule has 0 atom stereocenters. The fourth-order valence-corrected chi connectivity index (χ4v) is 2.88. The molecule has 76 valence electrons. The monoisotopic (exact) mass is 207 g/mol. The molecule has 1 nitrogen and oxygen atoms in total. The highest BCUT2D eigenvalue weighted by Crippen LogP contribution is 2.39. The number of nitriles is 1. The number of rotatable bonds is 3. The van der Waals surface area contributed by atoms with E-state index in [0.29, 0.717) is 11.8 Å². The van der Waals surface area contributed by atoms with E-state index >= 15 is 0 Å². The Hall–Kier alpha value is -0.810. The van der Waals surface area contributed by atoms with Gasteiger partial charge >= 0.3 is 0 Å². The predicted molar refractivity (Wildman–Crippen MR) is 61.3 cm³/mol. The molecule has 0 aliphatic carbocycles. The van der Waals surface area contributed by atoms with Gasteiger partial charge in [0.15, 0.2) is 0 Å². The minimum absolute atomic E-state index is 0.319. The van der Waals surface area contributed by atoms with Crippen LogP contribution in [0.5, 0.6) is 0 Å². The molecule has 0 aliphatic heterocycles. The first-order chi connectivity index (χ1) is 6.55. The third-order valence-corrected chi connectivity index (χ3v) is 3.69. The van der Waals surface area contributed by atoms with Gasteiger partial charge in [-0.2, -0.15) is 16.6 Å². The van der Waals surface area contributed by atoms with Crippen molar-refractivity contribution >= 4 is 11.3 Å². The van der Waals surface area contributed by atoms with Crippen LogP contribution >= 0.6 is 11.3 Å². The van der Waals surface area contributed by atoms with Gasteiger partial charge in [0.25, 0.3) is 0 Å². The third-order valence-electron chi connectivity index (χ3n) is 3.01. The lowest BCUT2D eigenvalue weighted by Crippen LogP contribution is -2.35. The maximum absolute atomic E-state index is 9.44. The van der Waals surface area contributed by atoms with Crippen LogP contribution in [0.3, 0.4) is 0 Å². The topological polar surface area (TPSA) is 23.8 Å². The fraction of sp³-hybridized carbons (Fsp3) is 0.583. The smallest absolute Gasteiger partial charge is 0.0875 e. The van der Waals surface area contributed by atoms with Gasteiger partial charge in [0.2, 0.25) is 0 Å². The lowest BCUT2D eigenvalue weighted by atomic mass is 9.66. The van der Waals surface area contributed by atoms with Gasteiger partial charge in [-0.3, -0.25) is 0 Å². The van der Waals surface area contributed by atoms with E-state index in [1.165, 1.54) is 5.56 Å². The van der Waals surface area contributed by atoms with Crippen molar-refractivity contribution in [3.63, 3.8) is 0 Å². The van der Waals surface area contributed by atoms with E-state index in [1.807, 2.05) is 5.38 Å². The van der Waals surface area contributed by atoms with E-state index in [4.69, 9.17) is 0 Å². The van der Waals surface area contributed by atoms with Crippen LogP contribution in [0.4, 0.5) is 0 Å². The molecule has 0 saturated carbocycles. The Morgan fingerprint density at radius 1 is 1.29 bits per heavy atom. The first-order valence-electron chi connectivity index (χ1n) is 4.99. The van der Waals surface area contributed by atoms with Gasteiger partial charge < -0.3 is 0 Å². The second-order valence-corrected chi connectivity index (χ2v) is 5.08. The lowest BCUT2D eigenvalue weighted by molar-refractivity contribution is 0.296. The van der Waals surface area contributed by atoms with Crippen LogP contribution in [0.25, 0.3) is 0 Å². The molecule has 14 heavy (non-hydrogen) atoms. The summed E-state index contributed by atoms with van der Waals surface area (Å²) in [4.78, 5) is 0. The molecule has 0 aromatic carbocycles.